The van der Waals surface area contributed by atoms with Crippen LogP contribution in [-0.4, -0.2) is 46.2 Å². The fraction of sp³-hybridized carbons (Fsp3) is 0.429. The van der Waals surface area contributed by atoms with Crippen LogP contribution < -0.4 is 0 Å². The Kier molecular flexibility index (Phi) is 3.18. The summed E-state index contributed by atoms with van der Waals surface area (Å²) in [6, 6.07) is 0. The zero-order valence-electron chi connectivity index (χ0n) is 6.61. The van der Waals surface area contributed by atoms with E-state index in [1.165, 1.54) is 0 Å². The topological polar surface area (TPSA) is 77.8 Å². The number of imide groups is 1. The predicted molar refractivity (Wildman–Crippen MR) is 46.8 cm³/mol. The number of carbonyl (C=O) groups is 2. The third-order valence-corrected chi connectivity index (χ3v) is 2.14. The van der Waals surface area contributed by atoms with Crippen molar-refractivity contribution < 1.29 is 19.8 Å². The Hall–Kier alpha value is -0.720. The third kappa shape index (κ3) is 2.15. The van der Waals surface area contributed by atoms with E-state index in [1.54, 1.807) is 0 Å². The summed E-state index contributed by atoms with van der Waals surface area (Å²) in [6.07, 6.45) is 0.0478. The second-order valence-corrected chi connectivity index (χ2v) is 3.44. The summed E-state index contributed by atoms with van der Waals surface area (Å²) in [5.41, 5.74) is 0. The van der Waals surface area contributed by atoms with E-state index in [9.17, 15) is 9.59 Å². The lowest BCUT2D eigenvalue weighted by molar-refractivity contribution is -0.138. The van der Waals surface area contributed by atoms with Crippen molar-refractivity contribution in [3.63, 3.8) is 0 Å². The molecular weight excluding hydrogens is 242 g/mol. The smallest absolute Gasteiger partial charge is 0.268 e. The largest absolute Gasteiger partial charge is 0.394 e. The van der Waals surface area contributed by atoms with Crippen LogP contribution in [0.25, 0.3) is 0 Å². The number of β-amino-alcohol motifs (C(OH)–C–C–N with tert-alkyl or cyclic N) is 1. The fourth-order valence-electron chi connectivity index (χ4n) is 0.918. The molecule has 0 aromatic rings. The molecule has 1 rings (SSSR count). The molecular formula is C7H8BrNO4. The van der Waals surface area contributed by atoms with Gasteiger partial charge in [0.05, 0.1) is 23.7 Å². The van der Waals surface area contributed by atoms with Crippen LogP contribution in [0, 0.1) is 0 Å². The molecule has 0 spiro atoms. The van der Waals surface area contributed by atoms with E-state index in [2.05, 4.69) is 15.9 Å². The minimum absolute atomic E-state index is 0.169. The van der Waals surface area contributed by atoms with E-state index >= 15 is 0 Å². The number of hydrogen-bond acceptors (Lipinski definition) is 4. The summed E-state index contributed by atoms with van der Waals surface area (Å²) in [6.45, 7) is -0.658. The molecule has 0 radical (unpaired) electrons. The number of rotatable bonds is 3. The Morgan fingerprint density at radius 3 is 2.54 bits per heavy atom. The molecule has 1 aliphatic rings. The average molecular weight is 250 g/mol. The first-order valence-electron chi connectivity index (χ1n) is 3.58. The minimum Gasteiger partial charge on any atom is -0.394 e. The fourth-order valence-corrected chi connectivity index (χ4v) is 1.33. The van der Waals surface area contributed by atoms with Crippen LogP contribution in [0.1, 0.15) is 0 Å². The van der Waals surface area contributed by atoms with Crippen molar-refractivity contribution in [1.29, 1.82) is 0 Å². The number of carbonyl (C=O) groups excluding carboxylic acids is 2. The standard InChI is InChI=1S/C7H8BrNO4/c8-5-1-6(12)9(7(5)13)2-4(11)3-10/h1,4,10-11H,2-3H2. The van der Waals surface area contributed by atoms with E-state index in [0.717, 1.165) is 11.0 Å². The van der Waals surface area contributed by atoms with Crippen LogP contribution in [0.4, 0.5) is 0 Å². The van der Waals surface area contributed by atoms with Gasteiger partial charge < -0.3 is 10.2 Å². The maximum absolute atomic E-state index is 11.2. The van der Waals surface area contributed by atoms with E-state index in [1.807, 2.05) is 0 Å². The Morgan fingerprint density at radius 2 is 2.15 bits per heavy atom. The van der Waals surface area contributed by atoms with Gasteiger partial charge in [-0.25, -0.2) is 0 Å². The Morgan fingerprint density at radius 1 is 1.54 bits per heavy atom. The van der Waals surface area contributed by atoms with Crippen LogP contribution in [0.2, 0.25) is 0 Å². The van der Waals surface area contributed by atoms with Crippen LogP contribution in [0.15, 0.2) is 10.6 Å². The zero-order chi connectivity index (χ0) is 10.0. The number of halogens is 1. The molecule has 0 aromatic heterocycles. The van der Waals surface area contributed by atoms with E-state index in [0.29, 0.717) is 0 Å². The van der Waals surface area contributed by atoms with Crippen molar-refractivity contribution in [3.05, 3.63) is 10.6 Å². The van der Waals surface area contributed by atoms with Crippen LogP contribution in [0.3, 0.4) is 0 Å². The molecule has 5 nitrogen and oxygen atoms in total. The highest BCUT2D eigenvalue weighted by atomic mass is 79.9. The van der Waals surface area contributed by atoms with Gasteiger partial charge in [-0.05, 0) is 15.9 Å². The SMILES string of the molecule is O=C1C=C(Br)C(=O)N1CC(O)CO. The normalized spacial score (nSPS) is 19.3. The van der Waals surface area contributed by atoms with Gasteiger partial charge in [0.15, 0.2) is 0 Å². The molecule has 2 amide bonds. The molecule has 13 heavy (non-hydrogen) atoms. The van der Waals surface area contributed by atoms with Gasteiger partial charge in [-0.2, -0.15) is 0 Å². The first-order chi connectivity index (χ1) is 6.06. The second-order valence-electron chi connectivity index (χ2n) is 2.58. The number of aliphatic hydroxyl groups is 2. The van der Waals surface area contributed by atoms with Crippen molar-refractivity contribution >= 4 is 27.7 Å². The summed E-state index contributed by atoms with van der Waals surface area (Å²) in [4.78, 5) is 23.1. The Labute approximate surface area is 82.8 Å². The Balaban J connectivity index is 2.64. The molecule has 1 heterocycles. The number of hydrogen-bond donors (Lipinski definition) is 2. The monoisotopic (exact) mass is 249 g/mol. The molecule has 0 aliphatic carbocycles. The Bertz CT molecular complexity index is 276. The average Bonchev–Trinajstić information content (AvgIpc) is 2.32. The quantitative estimate of drug-likeness (QED) is 0.629. The van der Waals surface area contributed by atoms with Crippen molar-refractivity contribution in [2.24, 2.45) is 0 Å². The number of amides is 2. The van der Waals surface area contributed by atoms with Crippen LogP contribution >= 0.6 is 15.9 Å². The molecule has 72 valence electrons. The van der Waals surface area contributed by atoms with E-state index in [4.69, 9.17) is 10.2 Å². The van der Waals surface area contributed by atoms with Gasteiger partial charge in [0.1, 0.15) is 0 Å². The minimum atomic E-state index is -1.08. The summed E-state index contributed by atoms with van der Waals surface area (Å²) in [5, 5.41) is 17.5. The maximum atomic E-state index is 11.2. The summed E-state index contributed by atoms with van der Waals surface area (Å²) in [7, 11) is 0. The van der Waals surface area contributed by atoms with Gasteiger partial charge in [-0.3, -0.25) is 14.5 Å². The van der Waals surface area contributed by atoms with Gasteiger partial charge in [0.2, 0.25) is 0 Å². The predicted octanol–water partition coefficient (Wildman–Crippen LogP) is -1.01. The first kappa shape index (κ1) is 10.4. The third-order valence-electron chi connectivity index (χ3n) is 1.57. The lowest BCUT2D eigenvalue weighted by Gasteiger charge is -2.16. The molecule has 1 atom stereocenters. The molecule has 6 heteroatoms. The van der Waals surface area contributed by atoms with Gasteiger partial charge in [0.25, 0.3) is 11.8 Å². The zero-order valence-corrected chi connectivity index (χ0v) is 8.19. The molecule has 0 bridgehead atoms. The van der Waals surface area contributed by atoms with Crippen molar-refractivity contribution in [1.82, 2.24) is 4.90 Å². The van der Waals surface area contributed by atoms with Crippen LogP contribution in [-0.2, 0) is 9.59 Å². The van der Waals surface area contributed by atoms with Gasteiger partial charge in [0, 0.05) is 6.08 Å². The maximum Gasteiger partial charge on any atom is 0.268 e. The van der Waals surface area contributed by atoms with Crippen molar-refractivity contribution in [2.75, 3.05) is 13.2 Å². The molecule has 0 fully saturated rings. The molecule has 0 saturated carbocycles. The lowest BCUT2D eigenvalue weighted by Crippen LogP contribution is -2.38. The molecule has 1 unspecified atom stereocenters. The lowest BCUT2D eigenvalue weighted by atomic mass is 10.3. The molecule has 2 N–H and O–H groups in total. The number of aliphatic hydroxyl groups excluding tert-OH is 2. The highest BCUT2D eigenvalue weighted by molar-refractivity contribution is 9.12. The van der Waals surface area contributed by atoms with Gasteiger partial charge in [-0.15, -0.1) is 0 Å². The molecule has 1 aliphatic heterocycles. The number of nitrogens with zero attached hydrogens (tertiary/aromatic N) is 1. The van der Waals surface area contributed by atoms with Gasteiger partial charge in [-0.1, -0.05) is 0 Å². The van der Waals surface area contributed by atoms with Crippen LogP contribution in [0.5, 0.6) is 0 Å². The second kappa shape index (κ2) is 3.99. The molecule has 0 saturated heterocycles. The highest BCUT2D eigenvalue weighted by Gasteiger charge is 2.30. The first-order valence-corrected chi connectivity index (χ1v) is 4.37. The van der Waals surface area contributed by atoms with E-state index in [-0.39, 0.29) is 11.0 Å². The van der Waals surface area contributed by atoms with Crippen molar-refractivity contribution in [3.8, 4) is 0 Å². The highest BCUT2D eigenvalue weighted by Crippen LogP contribution is 2.17. The molecule has 0 aromatic carbocycles. The summed E-state index contributed by atoms with van der Waals surface area (Å²) in [5.74, 6) is -0.970. The van der Waals surface area contributed by atoms with Crippen molar-refractivity contribution in [2.45, 2.75) is 6.10 Å². The summed E-state index contributed by atoms with van der Waals surface area (Å²) < 4.78 is 0.169. The van der Waals surface area contributed by atoms with Gasteiger partial charge >= 0.3 is 0 Å². The summed E-state index contributed by atoms with van der Waals surface area (Å²) >= 11 is 2.90. The van der Waals surface area contributed by atoms with E-state index < -0.39 is 24.5 Å².